The van der Waals surface area contributed by atoms with E-state index in [4.69, 9.17) is 0 Å². The molecule has 1 saturated heterocycles. The van der Waals surface area contributed by atoms with E-state index in [1.165, 1.54) is 41.2 Å². The van der Waals surface area contributed by atoms with Crippen LogP contribution in [0.3, 0.4) is 0 Å². The van der Waals surface area contributed by atoms with E-state index in [0.29, 0.717) is 25.9 Å². The molecule has 26 heavy (non-hydrogen) atoms. The van der Waals surface area contributed by atoms with Crippen LogP contribution in [-0.4, -0.2) is 34.8 Å². The molecule has 5 nitrogen and oxygen atoms in total. The largest absolute Gasteiger partial charge is 0.338 e. The molecular formula is C19H23N3O2S2. The predicted octanol–water partition coefficient (Wildman–Crippen LogP) is 3.96. The molecule has 0 bridgehead atoms. The van der Waals surface area contributed by atoms with Crippen molar-refractivity contribution in [2.45, 2.75) is 44.9 Å². The average molecular weight is 390 g/mol. The molecule has 1 aliphatic carbocycles. The van der Waals surface area contributed by atoms with Crippen LogP contribution in [0.1, 0.15) is 52.3 Å². The fourth-order valence-electron chi connectivity index (χ4n) is 3.69. The second-order valence-electron chi connectivity index (χ2n) is 6.98. The number of piperidine rings is 1. The first-order valence-electron chi connectivity index (χ1n) is 9.33. The number of thiazole rings is 1. The number of aromatic nitrogens is 1. The second-order valence-corrected chi connectivity index (χ2v) is 9.01. The van der Waals surface area contributed by atoms with Gasteiger partial charge < -0.3 is 10.2 Å². The molecule has 4 rings (SSSR count). The predicted molar refractivity (Wildman–Crippen MR) is 105 cm³/mol. The number of carbonyl (C=O) groups is 2. The van der Waals surface area contributed by atoms with Crippen molar-refractivity contribution in [2.75, 3.05) is 18.4 Å². The Labute approximate surface area is 161 Å². The first-order chi connectivity index (χ1) is 12.7. The monoisotopic (exact) mass is 389 g/mol. The number of likely N-dealkylation sites (tertiary alicyclic amines) is 1. The lowest BCUT2D eigenvalue weighted by molar-refractivity contribution is -0.121. The van der Waals surface area contributed by atoms with Crippen molar-refractivity contribution in [3.63, 3.8) is 0 Å². The summed E-state index contributed by atoms with van der Waals surface area (Å²) in [7, 11) is 0. The zero-order chi connectivity index (χ0) is 17.9. The first kappa shape index (κ1) is 17.7. The van der Waals surface area contributed by atoms with E-state index in [0.717, 1.165) is 22.9 Å². The summed E-state index contributed by atoms with van der Waals surface area (Å²) >= 11 is 3.11. The van der Waals surface area contributed by atoms with Gasteiger partial charge in [-0.3, -0.25) is 9.59 Å². The number of aryl methyl sites for hydroxylation is 2. The lowest BCUT2D eigenvalue weighted by atomic mass is 9.96. The van der Waals surface area contributed by atoms with Crippen molar-refractivity contribution in [1.82, 2.24) is 9.88 Å². The van der Waals surface area contributed by atoms with Crippen molar-refractivity contribution in [1.29, 1.82) is 0 Å². The summed E-state index contributed by atoms with van der Waals surface area (Å²) in [6.07, 6.45) is 7.24. The minimum absolute atomic E-state index is 0.0360. The molecule has 7 heteroatoms. The molecule has 2 amide bonds. The van der Waals surface area contributed by atoms with E-state index in [1.54, 1.807) is 11.3 Å². The molecule has 2 aromatic heterocycles. The van der Waals surface area contributed by atoms with Crippen molar-refractivity contribution in [2.24, 2.45) is 5.92 Å². The van der Waals surface area contributed by atoms with E-state index in [9.17, 15) is 9.59 Å². The minimum Gasteiger partial charge on any atom is -0.338 e. The molecular weight excluding hydrogens is 366 g/mol. The summed E-state index contributed by atoms with van der Waals surface area (Å²) in [5.74, 6) is 0.103. The third kappa shape index (κ3) is 3.83. The van der Waals surface area contributed by atoms with E-state index in [1.807, 2.05) is 22.4 Å². The maximum absolute atomic E-state index is 12.6. The number of carbonyl (C=O) groups excluding carboxylic acids is 2. The molecule has 1 aliphatic heterocycles. The van der Waals surface area contributed by atoms with Crippen LogP contribution >= 0.6 is 22.7 Å². The van der Waals surface area contributed by atoms with E-state index in [2.05, 4.69) is 10.3 Å². The number of anilines is 1. The number of rotatable bonds is 3. The van der Waals surface area contributed by atoms with Crippen LogP contribution in [0.2, 0.25) is 0 Å². The highest BCUT2D eigenvalue weighted by Gasteiger charge is 2.29. The fourth-order valence-corrected chi connectivity index (χ4v) is 5.43. The highest BCUT2D eigenvalue weighted by molar-refractivity contribution is 7.15. The molecule has 2 aromatic rings. The Morgan fingerprint density at radius 1 is 1.15 bits per heavy atom. The second kappa shape index (κ2) is 7.88. The molecule has 1 N–H and O–H groups in total. The number of nitrogens with one attached hydrogen (secondary N) is 1. The molecule has 0 spiro atoms. The van der Waals surface area contributed by atoms with Crippen LogP contribution in [0, 0.1) is 5.92 Å². The van der Waals surface area contributed by atoms with Crippen molar-refractivity contribution in [3.05, 3.63) is 33.0 Å². The van der Waals surface area contributed by atoms with E-state index in [-0.39, 0.29) is 17.7 Å². The summed E-state index contributed by atoms with van der Waals surface area (Å²) in [6.45, 7) is 1.28. The quantitative estimate of drug-likeness (QED) is 0.808. The van der Waals surface area contributed by atoms with Crippen LogP contribution in [-0.2, 0) is 17.6 Å². The Hall–Kier alpha value is -1.73. The maximum atomic E-state index is 12.6. The lowest BCUT2D eigenvalue weighted by Crippen LogP contribution is -2.41. The number of thiophene rings is 1. The molecule has 1 fully saturated rings. The van der Waals surface area contributed by atoms with Gasteiger partial charge in [-0.15, -0.1) is 22.7 Å². The van der Waals surface area contributed by atoms with Crippen LogP contribution < -0.4 is 5.32 Å². The van der Waals surface area contributed by atoms with Gasteiger partial charge in [-0.1, -0.05) is 12.5 Å². The Kier molecular flexibility index (Phi) is 5.36. The Bertz CT molecular complexity index is 753. The van der Waals surface area contributed by atoms with Crippen LogP contribution in [0.15, 0.2) is 17.5 Å². The number of nitrogens with zero attached hydrogens (tertiary/aromatic N) is 2. The topological polar surface area (TPSA) is 62.3 Å². The first-order valence-corrected chi connectivity index (χ1v) is 11.0. The molecule has 0 unspecified atom stereocenters. The van der Waals surface area contributed by atoms with Crippen molar-refractivity contribution in [3.8, 4) is 0 Å². The van der Waals surface area contributed by atoms with Crippen molar-refractivity contribution < 1.29 is 9.59 Å². The van der Waals surface area contributed by atoms with Crippen LogP contribution in [0.25, 0.3) is 0 Å². The summed E-state index contributed by atoms with van der Waals surface area (Å²) in [4.78, 5) is 33.6. The average Bonchev–Trinajstić information content (AvgIpc) is 3.27. The van der Waals surface area contributed by atoms with Gasteiger partial charge in [0.25, 0.3) is 5.91 Å². The zero-order valence-corrected chi connectivity index (χ0v) is 16.3. The van der Waals surface area contributed by atoms with Gasteiger partial charge in [0.15, 0.2) is 5.13 Å². The number of hydrogen-bond donors (Lipinski definition) is 1. The van der Waals surface area contributed by atoms with Gasteiger partial charge in [0.2, 0.25) is 5.91 Å². The van der Waals surface area contributed by atoms with Gasteiger partial charge >= 0.3 is 0 Å². The van der Waals surface area contributed by atoms with Gasteiger partial charge in [0.1, 0.15) is 0 Å². The molecule has 0 aromatic carbocycles. The summed E-state index contributed by atoms with van der Waals surface area (Å²) in [6, 6.07) is 3.76. The fraction of sp³-hybridized carbons (Fsp3) is 0.526. The highest BCUT2D eigenvalue weighted by Crippen LogP contribution is 2.30. The lowest BCUT2D eigenvalue weighted by Gasteiger charge is -2.30. The summed E-state index contributed by atoms with van der Waals surface area (Å²) in [5.41, 5.74) is 1.18. The molecule has 138 valence electrons. The van der Waals surface area contributed by atoms with E-state index >= 15 is 0 Å². The van der Waals surface area contributed by atoms with Gasteiger partial charge in [-0.05, 0) is 50.0 Å². The van der Waals surface area contributed by atoms with E-state index < -0.39 is 0 Å². The molecule has 2 aliphatic rings. The summed E-state index contributed by atoms with van der Waals surface area (Å²) < 4.78 is 0. The van der Waals surface area contributed by atoms with Gasteiger partial charge in [0.05, 0.1) is 10.6 Å². The van der Waals surface area contributed by atoms with Gasteiger partial charge in [0, 0.05) is 23.9 Å². The van der Waals surface area contributed by atoms with Crippen molar-refractivity contribution >= 4 is 39.6 Å². The SMILES string of the molecule is O=C(Nc1nc2c(s1)CCCCC2)C1CCN(C(=O)c2cccs2)CC1. The standard InChI is InChI=1S/C19H23N3O2S2/c23-17(21-19-20-14-5-2-1-3-6-15(14)26-19)13-8-10-22(11-9-13)18(24)16-7-4-12-25-16/h4,7,12-13H,1-3,5-6,8-11H2,(H,20,21,23). The minimum atomic E-state index is -0.0360. The third-order valence-electron chi connectivity index (χ3n) is 5.21. The normalized spacial score (nSPS) is 18.2. The molecule has 3 heterocycles. The number of hydrogen-bond acceptors (Lipinski definition) is 5. The van der Waals surface area contributed by atoms with Gasteiger partial charge in [-0.25, -0.2) is 4.98 Å². The van der Waals surface area contributed by atoms with Crippen LogP contribution in [0.4, 0.5) is 5.13 Å². The van der Waals surface area contributed by atoms with Gasteiger partial charge in [-0.2, -0.15) is 0 Å². The Morgan fingerprint density at radius 2 is 1.96 bits per heavy atom. The summed E-state index contributed by atoms with van der Waals surface area (Å²) in [5, 5.41) is 5.70. The highest BCUT2D eigenvalue weighted by atomic mass is 32.1. The van der Waals surface area contributed by atoms with Crippen LogP contribution in [0.5, 0.6) is 0 Å². The number of fused-ring (bicyclic) bond motifs is 1. The number of amides is 2. The Morgan fingerprint density at radius 3 is 2.73 bits per heavy atom. The third-order valence-corrected chi connectivity index (χ3v) is 7.14. The molecule has 0 atom stereocenters. The molecule has 0 saturated carbocycles. The smallest absolute Gasteiger partial charge is 0.263 e. The Balaban J connectivity index is 1.32. The molecule has 0 radical (unpaired) electrons. The maximum Gasteiger partial charge on any atom is 0.263 e. The zero-order valence-electron chi connectivity index (χ0n) is 14.7.